The molecule has 24 heavy (non-hydrogen) atoms. The van der Waals surface area contributed by atoms with Gasteiger partial charge in [-0.3, -0.25) is 4.79 Å². The summed E-state index contributed by atoms with van der Waals surface area (Å²) >= 11 is 3.45. The maximum Gasteiger partial charge on any atom is 0.276 e. The molecule has 2 heterocycles. The largest absolute Gasteiger partial charge is 0.376 e. The third kappa shape index (κ3) is 4.30. The van der Waals surface area contributed by atoms with Crippen molar-refractivity contribution in [3.63, 3.8) is 0 Å². The van der Waals surface area contributed by atoms with Gasteiger partial charge >= 0.3 is 0 Å². The van der Waals surface area contributed by atoms with Gasteiger partial charge in [0.2, 0.25) is 0 Å². The molecule has 1 unspecified atom stereocenters. The van der Waals surface area contributed by atoms with Crippen molar-refractivity contribution < 1.29 is 9.53 Å². The fourth-order valence-corrected chi connectivity index (χ4v) is 2.82. The Kier molecular flexibility index (Phi) is 5.42. The number of aryl methyl sites for hydroxylation is 1. The molecule has 0 aliphatic carbocycles. The minimum atomic E-state index is -0.288. The molecule has 1 aromatic carbocycles. The molecule has 6 nitrogen and oxygen atoms in total. The third-order valence-corrected chi connectivity index (χ3v) is 4.72. The average molecular weight is 391 g/mol. The maximum atomic E-state index is 12.2. The van der Waals surface area contributed by atoms with E-state index in [1.54, 1.807) is 12.1 Å². The molecule has 1 aliphatic heterocycles. The lowest BCUT2D eigenvalue weighted by Crippen LogP contribution is -2.20. The van der Waals surface area contributed by atoms with Crippen LogP contribution in [0, 0.1) is 6.92 Å². The summed E-state index contributed by atoms with van der Waals surface area (Å²) in [5.41, 5.74) is 2.09. The van der Waals surface area contributed by atoms with Gasteiger partial charge in [-0.25, -0.2) is 0 Å². The second kappa shape index (κ2) is 7.72. The van der Waals surface area contributed by atoms with Crippen LogP contribution < -0.4 is 10.6 Å². The van der Waals surface area contributed by atoms with Crippen molar-refractivity contribution in [1.82, 2.24) is 10.2 Å². The van der Waals surface area contributed by atoms with Gasteiger partial charge in [-0.15, -0.1) is 10.2 Å². The summed E-state index contributed by atoms with van der Waals surface area (Å²) in [6, 6.07) is 9.05. The maximum absolute atomic E-state index is 12.2. The molecule has 2 N–H and O–H groups in total. The molecule has 1 saturated heterocycles. The van der Waals surface area contributed by atoms with Gasteiger partial charge in [0.25, 0.3) is 5.91 Å². The van der Waals surface area contributed by atoms with E-state index in [1.807, 2.05) is 25.1 Å². The Morgan fingerprint density at radius 3 is 2.88 bits per heavy atom. The Balaban J connectivity index is 1.57. The van der Waals surface area contributed by atoms with E-state index in [1.165, 1.54) is 0 Å². The van der Waals surface area contributed by atoms with Crippen molar-refractivity contribution in [1.29, 1.82) is 0 Å². The summed E-state index contributed by atoms with van der Waals surface area (Å²) in [6.07, 6.45) is 2.40. The summed E-state index contributed by atoms with van der Waals surface area (Å²) in [4.78, 5) is 12.2. The molecule has 1 aliphatic rings. The van der Waals surface area contributed by atoms with Gasteiger partial charge in [0.1, 0.15) is 5.82 Å². The predicted octanol–water partition coefficient (Wildman–Crippen LogP) is 3.39. The minimum absolute atomic E-state index is 0.231. The highest BCUT2D eigenvalue weighted by Gasteiger charge is 2.15. The summed E-state index contributed by atoms with van der Waals surface area (Å²) in [5.74, 6) is 0.351. The van der Waals surface area contributed by atoms with Crippen LogP contribution >= 0.6 is 15.9 Å². The van der Waals surface area contributed by atoms with Crippen molar-refractivity contribution in [2.75, 3.05) is 23.8 Å². The van der Waals surface area contributed by atoms with Gasteiger partial charge in [-0.05, 0) is 49.6 Å². The lowest BCUT2D eigenvalue weighted by molar-refractivity contribution is 0.102. The number of rotatable bonds is 5. The molecule has 1 atom stereocenters. The van der Waals surface area contributed by atoms with Crippen molar-refractivity contribution in [3.8, 4) is 0 Å². The second-order valence-corrected chi connectivity index (χ2v) is 6.59. The number of nitrogens with one attached hydrogen (secondary N) is 2. The topological polar surface area (TPSA) is 76.1 Å². The molecule has 7 heteroatoms. The minimum Gasteiger partial charge on any atom is -0.376 e. The second-order valence-electron chi connectivity index (χ2n) is 5.74. The first-order valence-corrected chi connectivity index (χ1v) is 8.68. The van der Waals surface area contributed by atoms with E-state index >= 15 is 0 Å². The monoisotopic (exact) mass is 390 g/mol. The number of hydrogen-bond donors (Lipinski definition) is 2. The first-order valence-electron chi connectivity index (χ1n) is 7.88. The normalized spacial score (nSPS) is 16.8. The van der Waals surface area contributed by atoms with Crippen molar-refractivity contribution in [3.05, 3.63) is 46.1 Å². The van der Waals surface area contributed by atoms with E-state index in [9.17, 15) is 4.79 Å². The molecule has 1 amide bonds. The number of anilines is 2. The van der Waals surface area contributed by atoms with Gasteiger partial charge in [0.15, 0.2) is 5.69 Å². The number of amides is 1. The van der Waals surface area contributed by atoms with E-state index in [0.29, 0.717) is 18.1 Å². The molecule has 126 valence electrons. The Morgan fingerprint density at radius 2 is 2.21 bits per heavy atom. The zero-order valence-corrected chi connectivity index (χ0v) is 15.0. The fraction of sp³-hybridized carbons (Fsp3) is 0.353. The number of nitrogens with zero attached hydrogens (tertiary/aromatic N) is 2. The highest BCUT2D eigenvalue weighted by Crippen LogP contribution is 2.21. The van der Waals surface area contributed by atoms with Crippen LogP contribution in [0.5, 0.6) is 0 Å². The van der Waals surface area contributed by atoms with Crippen LogP contribution in [-0.2, 0) is 4.74 Å². The quantitative estimate of drug-likeness (QED) is 0.817. The molecule has 1 aromatic heterocycles. The summed E-state index contributed by atoms with van der Waals surface area (Å²) < 4.78 is 6.49. The fourth-order valence-electron chi connectivity index (χ4n) is 2.44. The van der Waals surface area contributed by atoms with Gasteiger partial charge in [-0.2, -0.15) is 0 Å². The SMILES string of the molecule is Cc1ccc(NC(=O)c2ccc(NCC3CCCO3)nn2)cc1Br. The van der Waals surface area contributed by atoms with E-state index in [2.05, 4.69) is 36.8 Å². The molecule has 0 saturated carbocycles. The number of carbonyl (C=O) groups excluding carboxylic acids is 1. The molecule has 1 fully saturated rings. The Bertz CT molecular complexity index is 715. The Labute approximate surface area is 149 Å². The zero-order valence-electron chi connectivity index (χ0n) is 13.4. The zero-order chi connectivity index (χ0) is 16.9. The molecular weight excluding hydrogens is 372 g/mol. The van der Waals surface area contributed by atoms with Crippen LogP contribution in [-0.4, -0.2) is 35.4 Å². The number of ether oxygens (including phenoxy) is 1. The van der Waals surface area contributed by atoms with Gasteiger partial charge in [0, 0.05) is 23.3 Å². The first kappa shape index (κ1) is 16.9. The van der Waals surface area contributed by atoms with Crippen LogP contribution in [0.15, 0.2) is 34.8 Å². The van der Waals surface area contributed by atoms with Gasteiger partial charge < -0.3 is 15.4 Å². The third-order valence-electron chi connectivity index (χ3n) is 3.86. The summed E-state index contributed by atoms with van der Waals surface area (Å²) in [5, 5.41) is 14.0. The molecule has 0 spiro atoms. The first-order chi connectivity index (χ1) is 11.6. The average Bonchev–Trinajstić information content (AvgIpc) is 3.10. The number of aromatic nitrogens is 2. The molecule has 0 bridgehead atoms. The highest BCUT2D eigenvalue weighted by atomic mass is 79.9. The van der Waals surface area contributed by atoms with Crippen molar-refractivity contribution in [2.24, 2.45) is 0 Å². The van der Waals surface area contributed by atoms with Crippen LogP contribution in [0.4, 0.5) is 11.5 Å². The van der Waals surface area contributed by atoms with Crippen LogP contribution in [0.1, 0.15) is 28.9 Å². The van der Waals surface area contributed by atoms with Crippen molar-refractivity contribution >= 4 is 33.3 Å². The Hall–Kier alpha value is -1.99. The van der Waals surface area contributed by atoms with E-state index in [-0.39, 0.29) is 17.7 Å². The molecular formula is C17H19BrN4O2. The van der Waals surface area contributed by atoms with Crippen LogP contribution in [0.2, 0.25) is 0 Å². The number of hydrogen-bond acceptors (Lipinski definition) is 5. The van der Waals surface area contributed by atoms with E-state index < -0.39 is 0 Å². The van der Waals surface area contributed by atoms with Gasteiger partial charge in [-0.1, -0.05) is 22.0 Å². The van der Waals surface area contributed by atoms with E-state index in [0.717, 1.165) is 29.5 Å². The lowest BCUT2D eigenvalue weighted by Gasteiger charge is -2.11. The summed E-state index contributed by atoms with van der Waals surface area (Å²) in [6.45, 7) is 3.52. The smallest absolute Gasteiger partial charge is 0.276 e. The molecule has 2 aromatic rings. The van der Waals surface area contributed by atoms with E-state index in [4.69, 9.17) is 4.74 Å². The standard InChI is InChI=1S/C17H19BrN4O2/c1-11-4-5-12(9-14(11)18)20-17(23)15-6-7-16(22-21-15)19-10-13-3-2-8-24-13/h4-7,9,13H,2-3,8,10H2,1H3,(H,19,22)(H,20,23). The van der Waals surface area contributed by atoms with Crippen LogP contribution in [0.25, 0.3) is 0 Å². The van der Waals surface area contributed by atoms with Crippen LogP contribution in [0.3, 0.4) is 0 Å². The molecule has 0 radical (unpaired) electrons. The molecule has 3 rings (SSSR count). The Morgan fingerprint density at radius 1 is 1.33 bits per heavy atom. The summed E-state index contributed by atoms with van der Waals surface area (Å²) in [7, 11) is 0. The number of benzene rings is 1. The number of carbonyl (C=O) groups is 1. The lowest BCUT2D eigenvalue weighted by atomic mass is 10.2. The highest BCUT2D eigenvalue weighted by molar-refractivity contribution is 9.10. The van der Waals surface area contributed by atoms with Crippen molar-refractivity contribution in [2.45, 2.75) is 25.9 Å². The van der Waals surface area contributed by atoms with Gasteiger partial charge in [0.05, 0.1) is 6.10 Å². The number of halogens is 1. The predicted molar refractivity (Wildman–Crippen MR) is 96.3 cm³/mol.